The van der Waals surface area contributed by atoms with Gasteiger partial charge in [0.25, 0.3) is 5.89 Å². The topological polar surface area (TPSA) is 85.5 Å². The number of hydrogen-bond donors (Lipinski definition) is 0. The van der Waals surface area contributed by atoms with Crippen LogP contribution in [0.4, 0.5) is 4.39 Å². The summed E-state index contributed by atoms with van der Waals surface area (Å²) >= 11 is 0. The molecule has 0 radical (unpaired) electrons. The van der Waals surface area contributed by atoms with Crippen molar-refractivity contribution in [3.05, 3.63) is 77.7 Å². The number of sulfonamides is 1. The van der Waals surface area contributed by atoms with E-state index in [0.717, 1.165) is 5.56 Å². The predicted molar refractivity (Wildman–Crippen MR) is 108 cm³/mol. The summed E-state index contributed by atoms with van der Waals surface area (Å²) in [6.45, 7) is 0.939. The van der Waals surface area contributed by atoms with Gasteiger partial charge >= 0.3 is 0 Å². The largest absolute Gasteiger partial charge is 0.484 e. The molecule has 0 unspecified atom stereocenters. The van der Waals surface area contributed by atoms with Crippen molar-refractivity contribution in [2.24, 2.45) is 0 Å². The highest BCUT2D eigenvalue weighted by molar-refractivity contribution is 7.88. The number of hydrogen-bond acceptors (Lipinski definition) is 6. The van der Waals surface area contributed by atoms with Crippen LogP contribution >= 0.6 is 0 Å². The van der Waals surface area contributed by atoms with E-state index in [1.54, 1.807) is 0 Å². The first kappa shape index (κ1) is 20.5. The van der Waals surface area contributed by atoms with Gasteiger partial charge in [-0.05, 0) is 42.7 Å². The zero-order valence-electron chi connectivity index (χ0n) is 16.3. The summed E-state index contributed by atoms with van der Waals surface area (Å²) in [6.07, 6.45) is 1.26. The van der Waals surface area contributed by atoms with Gasteiger partial charge in [-0.2, -0.15) is 4.98 Å². The van der Waals surface area contributed by atoms with Gasteiger partial charge in [-0.15, -0.1) is 0 Å². The predicted octanol–water partition coefficient (Wildman–Crippen LogP) is 3.50. The van der Waals surface area contributed by atoms with Gasteiger partial charge in [-0.3, -0.25) is 0 Å². The highest BCUT2D eigenvalue weighted by Crippen LogP contribution is 2.28. The third kappa shape index (κ3) is 5.03. The standard InChI is InChI=1S/C21H22FN3O4S/c22-18-6-8-19(9-7-18)28-14-20-23-21(24-29-20)17-10-12-25(13-11-17)30(26,27)15-16-4-2-1-3-5-16/h1-9,17H,10-15H2. The molecule has 0 aliphatic carbocycles. The second-order valence-corrected chi connectivity index (χ2v) is 9.17. The van der Waals surface area contributed by atoms with Crippen molar-refractivity contribution in [1.82, 2.24) is 14.4 Å². The Balaban J connectivity index is 1.30. The van der Waals surface area contributed by atoms with E-state index in [9.17, 15) is 12.8 Å². The first-order valence-corrected chi connectivity index (χ1v) is 11.3. The van der Waals surface area contributed by atoms with Gasteiger partial charge in [-0.1, -0.05) is 35.5 Å². The van der Waals surface area contributed by atoms with Crippen LogP contribution in [0.3, 0.4) is 0 Å². The molecule has 1 saturated heterocycles. The number of halogens is 1. The summed E-state index contributed by atoms with van der Waals surface area (Å²) in [4.78, 5) is 4.38. The minimum atomic E-state index is -3.36. The van der Waals surface area contributed by atoms with Crippen molar-refractivity contribution in [3.8, 4) is 5.75 Å². The van der Waals surface area contributed by atoms with Gasteiger partial charge in [-0.25, -0.2) is 17.1 Å². The Hall–Kier alpha value is -2.78. The summed E-state index contributed by atoms with van der Waals surface area (Å²) < 4.78 is 50.6. The molecule has 0 bridgehead atoms. The van der Waals surface area contributed by atoms with Crippen LogP contribution in [0.1, 0.15) is 36.0 Å². The summed E-state index contributed by atoms with van der Waals surface area (Å²) in [5, 5.41) is 4.03. The molecule has 1 aliphatic heterocycles. The SMILES string of the molecule is O=S(=O)(Cc1ccccc1)N1CCC(c2noc(COc3ccc(F)cc3)n2)CC1. The lowest BCUT2D eigenvalue weighted by Gasteiger charge is -2.29. The molecule has 1 aliphatic rings. The van der Waals surface area contributed by atoms with Crippen LogP contribution in [-0.2, 0) is 22.4 Å². The first-order valence-electron chi connectivity index (χ1n) is 9.72. The molecule has 7 nitrogen and oxygen atoms in total. The Morgan fingerprint density at radius 3 is 2.47 bits per heavy atom. The van der Waals surface area contributed by atoms with Crippen LogP contribution in [0.2, 0.25) is 0 Å². The van der Waals surface area contributed by atoms with E-state index < -0.39 is 10.0 Å². The van der Waals surface area contributed by atoms with E-state index in [1.807, 2.05) is 30.3 Å². The van der Waals surface area contributed by atoms with E-state index in [0.29, 0.717) is 43.4 Å². The number of rotatable bonds is 7. The average Bonchev–Trinajstić information content (AvgIpc) is 3.23. The maximum Gasteiger partial charge on any atom is 0.264 e. The highest BCUT2D eigenvalue weighted by atomic mass is 32.2. The fourth-order valence-corrected chi connectivity index (χ4v) is 5.00. The molecule has 1 fully saturated rings. The fourth-order valence-electron chi connectivity index (χ4n) is 3.44. The van der Waals surface area contributed by atoms with Crippen molar-refractivity contribution in [2.45, 2.75) is 31.1 Å². The Labute approximate surface area is 174 Å². The van der Waals surface area contributed by atoms with Gasteiger partial charge in [0.1, 0.15) is 11.6 Å². The second kappa shape index (κ2) is 8.93. The molecule has 0 N–H and O–H groups in total. The maximum atomic E-state index is 12.9. The molecule has 0 spiro atoms. The lowest BCUT2D eigenvalue weighted by Crippen LogP contribution is -2.38. The molecule has 0 saturated carbocycles. The van der Waals surface area contributed by atoms with E-state index in [2.05, 4.69) is 10.1 Å². The van der Waals surface area contributed by atoms with Crippen LogP contribution in [0, 0.1) is 5.82 Å². The summed E-state index contributed by atoms with van der Waals surface area (Å²) in [6, 6.07) is 14.9. The van der Waals surface area contributed by atoms with Gasteiger partial charge in [0.15, 0.2) is 12.4 Å². The van der Waals surface area contributed by atoms with Crippen molar-refractivity contribution >= 4 is 10.0 Å². The van der Waals surface area contributed by atoms with Gasteiger partial charge in [0, 0.05) is 19.0 Å². The summed E-state index contributed by atoms with van der Waals surface area (Å²) in [5.74, 6) is 1.11. The van der Waals surface area contributed by atoms with Gasteiger partial charge in [0.05, 0.1) is 5.75 Å². The minimum Gasteiger partial charge on any atom is -0.484 e. The Bertz CT molecular complexity index is 1060. The summed E-state index contributed by atoms with van der Waals surface area (Å²) in [7, 11) is -3.36. The molecule has 158 valence electrons. The number of ether oxygens (including phenoxy) is 1. The molecule has 30 heavy (non-hydrogen) atoms. The van der Waals surface area contributed by atoms with Gasteiger partial charge < -0.3 is 9.26 Å². The zero-order valence-corrected chi connectivity index (χ0v) is 17.1. The molecule has 0 amide bonds. The van der Waals surface area contributed by atoms with Crippen LogP contribution in [0.5, 0.6) is 5.75 Å². The van der Waals surface area contributed by atoms with Crippen molar-refractivity contribution in [2.75, 3.05) is 13.1 Å². The average molecular weight is 431 g/mol. The Morgan fingerprint density at radius 2 is 1.77 bits per heavy atom. The molecule has 3 aromatic rings. The Morgan fingerprint density at radius 1 is 1.07 bits per heavy atom. The summed E-state index contributed by atoms with van der Waals surface area (Å²) in [5.41, 5.74) is 0.781. The Kier molecular flexibility index (Phi) is 6.10. The molecule has 4 rings (SSSR count). The van der Waals surface area contributed by atoms with Crippen LogP contribution in [-0.4, -0.2) is 36.0 Å². The number of piperidine rings is 1. The quantitative estimate of drug-likeness (QED) is 0.569. The number of nitrogens with zero attached hydrogens (tertiary/aromatic N) is 3. The first-order chi connectivity index (χ1) is 14.5. The molecular formula is C21H22FN3O4S. The highest BCUT2D eigenvalue weighted by Gasteiger charge is 2.30. The van der Waals surface area contributed by atoms with Crippen molar-refractivity contribution in [3.63, 3.8) is 0 Å². The van der Waals surface area contributed by atoms with Crippen LogP contribution in [0.15, 0.2) is 59.1 Å². The molecule has 2 aromatic carbocycles. The van der Waals surface area contributed by atoms with E-state index in [4.69, 9.17) is 9.26 Å². The van der Waals surface area contributed by atoms with Gasteiger partial charge in [0.2, 0.25) is 10.0 Å². The smallest absolute Gasteiger partial charge is 0.264 e. The van der Waals surface area contributed by atoms with E-state index in [1.165, 1.54) is 28.6 Å². The minimum absolute atomic E-state index is 0.00555. The van der Waals surface area contributed by atoms with E-state index in [-0.39, 0.29) is 24.1 Å². The third-order valence-corrected chi connectivity index (χ3v) is 6.91. The molecule has 2 heterocycles. The third-order valence-electron chi connectivity index (χ3n) is 5.06. The molecular weight excluding hydrogens is 409 g/mol. The lowest BCUT2D eigenvalue weighted by atomic mass is 9.98. The second-order valence-electron chi connectivity index (χ2n) is 7.20. The van der Waals surface area contributed by atoms with Crippen molar-refractivity contribution < 1.29 is 22.1 Å². The zero-order chi connectivity index (χ0) is 21.0. The lowest BCUT2D eigenvalue weighted by molar-refractivity contribution is 0.241. The number of benzene rings is 2. The molecule has 1 aromatic heterocycles. The van der Waals surface area contributed by atoms with E-state index >= 15 is 0 Å². The number of aromatic nitrogens is 2. The normalized spacial score (nSPS) is 15.9. The van der Waals surface area contributed by atoms with Crippen LogP contribution < -0.4 is 4.74 Å². The van der Waals surface area contributed by atoms with Crippen molar-refractivity contribution in [1.29, 1.82) is 0 Å². The molecule has 9 heteroatoms. The monoisotopic (exact) mass is 431 g/mol. The van der Waals surface area contributed by atoms with Crippen LogP contribution in [0.25, 0.3) is 0 Å². The molecule has 0 atom stereocenters. The maximum absolute atomic E-state index is 12.9. The fraction of sp³-hybridized carbons (Fsp3) is 0.333.